The number of hydrogen-bond acceptors (Lipinski definition) is 7. The lowest BCUT2D eigenvalue weighted by atomic mass is 9.90. The van der Waals surface area contributed by atoms with Crippen LogP contribution >= 0.6 is 11.3 Å². The van der Waals surface area contributed by atoms with Gasteiger partial charge in [0.2, 0.25) is 5.78 Å². The molecule has 0 radical (unpaired) electrons. The van der Waals surface area contributed by atoms with Gasteiger partial charge >= 0.3 is 12.0 Å². The molecule has 9 nitrogen and oxygen atoms in total. The Kier molecular flexibility index (Phi) is 6.85. The van der Waals surface area contributed by atoms with Gasteiger partial charge in [0, 0.05) is 19.5 Å². The zero-order valence-electron chi connectivity index (χ0n) is 14.1. The largest absolute Gasteiger partial charge is 0.480 e. The maximum Gasteiger partial charge on any atom is 0.329 e. The maximum absolute atomic E-state index is 12.9. The molecule has 1 fully saturated rings. The van der Waals surface area contributed by atoms with E-state index in [-0.39, 0.29) is 11.7 Å². The van der Waals surface area contributed by atoms with Gasteiger partial charge < -0.3 is 20.5 Å². The Hall–Kier alpha value is -2.04. The van der Waals surface area contributed by atoms with Crippen LogP contribution in [0.25, 0.3) is 0 Å². The number of aromatic nitrogens is 1. The van der Waals surface area contributed by atoms with Gasteiger partial charge in [0.15, 0.2) is 5.13 Å². The first kappa shape index (κ1) is 19.3. The van der Waals surface area contributed by atoms with Gasteiger partial charge in [-0.2, -0.15) is 0 Å². The molecule has 2 heterocycles. The minimum atomic E-state index is -1.12. The second kappa shape index (κ2) is 8.88. The molecule has 0 aromatic carbocycles. The number of carbonyl (C=O) groups excluding carboxylic acids is 2. The molecule has 0 bridgehead atoms. The fourth-order valence-electron chi connectivity index (χ4n) is 2.69. The number of piperidine rings is 1. The van der Waals surface area contributed by atoms with Crippen molar-refractivity contribution >= 4 is 34.3 Å². The summed E-state index contributed by atoms with van der Waals surface area (Å²) < 4.78 is 5.42. The third-order valence-corrected chi connectivity index (χ3v) is 4.96. The van der Waals surface area contributed by atoms with Crippen LogP contribution in [0.5, 0.6) is 0 Å². The highest BCUT2D eigenvalue weighted by atomic mass is 32.1. The van der Waals surface area contributed by atoms with E-state index in [4.69, 9.17) is 9.84 Å². The van der Waals surface area contributed by atoms with E-state index in [0.29, 0.717) is 22.2 Å². The minimum absolute atomic E-state index is 0.0996. The molecule has 0 spiro atoms. The summed E-state index contributed by atoms with van der Waals surface area (Å²) in [6.07, 6.45) is 0.830. The van der Waals surface area contributed by atoms with Crippen molar-refractivity contribution in [3.8, 4) is 0 Å². The molecule has 4 N–H and O–H groups in total. The number of carbonyl (C=O) groups is 3. The van der Waals surface area contributed by atoms with Gasteiger partial charge in [-0.1, -0.05) is 11.3 Å². The molecule has 2 atom stereocenters. The number of urea groups is 1. The number of rotatable bonds is 7. The fraction of sp³-hybridized carbons (Fsp3) is 0.600. The molecule has 2 unspecified atom stereocenters. The molecule has 1 aromatic rings. The molecule has 1 aromatic heterocycles. The van der Waals surface area contributed by atoms with Crippen molar-refractivity contribution in [2.24, 2.45) is 5.92 Å². The van der Waals surface area contributed by atoms with E-state index in [2.05, 4.69) is 20.9 Å². The minimum Gasteiger partial charge on any atom is -0.480 e. The summed E-state index contributed by atoms with van der Waals surface area (Å²) in [4.78, 5) is 39.7. The molecule has 0 aliphatic carbocycles. The van der Waals surface area contributed by atoms with Crippen molar-refractivity contribution in [3.05, 3.63) is 10.6 Å². The number of ketones is 1. The second-order valence-electron chi connectivity index (χ2n) is 5.73. The molecule has 1 saturated heterocycles. The van der Waals surface area contributed by atoms with Crippen LogP contribution in [0.15, 0.2) is 0 Å². The smallest absolute Gasteiger partial charge is 0.329 e. The van der Waals surface area contributed by atoms with E-state index >= 15 is 0 Å². The summed E-state index contributed by atoms with van der Waals surface area (Å²) in [5, 5.41) is 17.3. The van der Waals surface area contributed by atoms with E-state index in [1.54, 1.807) is 6.92 Å². The number of anilines is 1. The highest BCUT2D eigenvalue weighted by molar-refractivity contribution is 7.17. The second-order valence-corrected chi connectivity index (χ2v) is 6.73. The monoisotopic (exact) mass is 370 g/mol. The molecule has 1 aliphatic heterocycles. The van der Waals surface area contributed by atoms with Crippen LogP contribution in [0, 0.1) is 12.8 Å². The number of nitrogens with one attached hydrogen (secondary N) is 3. The third kappa shape index (κ3) is 5.21. The number of nitrogens with zero attached hydrogens (tertiary/aromatic N) is 1. The number of ether oxygens (including phenoxy) is 1. The Morgan fingerprint density at radius 1 is 1.48 bits per heavy atom. The SMILES string of the molecule is CNC(=O)Nc1nc(C)c(C(=O)C(OCC(=O)O)C2CCCNC2)s1. The van der Waals surface area contributed by atoms with Gasteiger partial charge in [-0.3, -0.25) is 10.1 Å². The van der Waals surface area contributed by atoms with E-state index in [1.165, 1.54) is 7.05 Å². The van der Waals surface area contributed by atoms with Gasteiger partial charge in [0.05, 0.1) is 10.6 Å². The number of carboxylic acids is 1. The number of amides is 2. The number of aliphatic carboxylic acids is 1. The lowest BCUT2D eigenvalue weighted by Crippen LogP contribution is -2.42. The van der Waals surface area contributed by atoms with Crippen LogP contribution in [-0.2, 0) is 9.53 Å². The average molecular weight is 370 g/mol. The molecule has 2 amide bonds. The van der Waals surface area contributed by atoms with E-state index in [0.717, 1.165) is 30.7 Å². The summed E-state index contributed by atoms with van der Waals surface area (Å²) in [6.45, 7) is 2.60. The van der Waals surface area contributed by atoms with Gasteiger partial charge in [-0.15, -0.1) is 0 Å². The maximum atomic E-state index is 12.9. The fourth-order valence-corrected chi connectivity index (χ4v) is 3.62. The van der Waals surface area contributed by atoms with Crippen LogP contribution in [0.4, 0.5) is 9.93 Å². The first-order valence-electron chi connectivity index (χ1n) is 7.96. The predicted octanol–water partition coefficient (Wildman–Crippen LogP) is 0.855. The number of aryl methyl sites for hydroxylation is 1. The molecule has 0 saturated carbocycles. The molecular formula is C15H22N4O5S. The number of thiazole rings is 1. The molecule has 138 valence electrons. The van der Waals surface area contributed by atoms with Crippen molar-refractivity contribution < 1.29 is 24.2 Å². The van der Waals surface area contributed by atoms with Crippen LogP contribution in [-0.4, -0.2) is 60.7 Å². The molecule has 2 rings (SSSR count). The van der Waals surface area contributed by atoms with Gasteiger partial charge in [-0.25, -0.2) is 14.6 Å². The first-order valence-corrected chi connectivity index (χ1v) is 8.78. The quantitative estimate of drug-likeness (QED) is 0.524. The van der Waals surface area contributed by atoms with Crippen LogP contribution in [0.3, 0.4) is 0 Å². The molecule has 25 heavy (non-hydrogen) atoms. The Morgan fingerprint density at radius 2 is 2.24 bits per heavy atom. The Labute approximate surface area is 149 Å². The number of hydrogen-bond donors (Lipinski definition) is 4. The summed E-state index contributed by atoms with van der Waals surface area (Å²) in [6, 6.07) is -0.428. The molecule has 1 aliphatic rings. The number of Topliss-reactive ketones (excluding diaryl/α,β-unsaturated/α-hetero) is 1. The Bertz CT molecular complexity index is 642. The zero-order chi connectivity index (χ0) is 18.4. The van der Waals surface area contributed by atoms with Crippen LogP contribution < -0.4 is 16.0 Å². The normalized spacial score (nSPS) is 18.4. The van der Waals surface area contributed by atoms with Crippen molar-refractivity contribution in [2.75, 3.05) is 32.1 Å². The van der Waals surface area contributed by atoms with Crippen molar-refractivity contribution in [2.45, 2.75) is 25.9 Å². The van der Waals surface area contributed by atoms with Crippen molar-refractivity contribution in [3.63, 3.8) is 0 Å². The summed E-state index contributed by atoms with van der Waals surface area (Å²) in [7, 11) is 1.48. The summed E-state index contributed by atoms with van der Waals surface area (Å²) >= 11 is 1.06. The zero-order valence-corrected chi connectivity index (χ0v) is 14.9. The van der Waals surface area contributed by atoms with Gasteiger partial charge in [0.1, 0.15) is 12.7 Å². The average Bonchev–Trinajstić information content (AvgIpc) is 2.95. The lowest BCUT2D eigenvalue weighted by Gasteiger charge is -2.29. The van der Waals surface area contributed by atoms with E-state index in [1.807, 2.05) is 0 Å². The first-order chi connectivity index (χ1) is 11.9. The standard InChI is InChI=1S/C15H22N4O5S/c1-8-13(25-15(18-8)19-14(23)16-2)11(22)12(24-7-10(20)21)9-4-3-5-17-6-9/h9,12,17H,3-7H2,1-2H3,(H,20,21)(H2,16,18,19,23). The molecular weight excluding hydrogens is 348 g/mol. The van der Waals surface area contributed by atoms with Crippen LogP contribution in [0.2, 0.25) is 0 Å². The third-order valence-electron chi connectivity index (χ3n) is 3.88. The van der Waals surface area contributed by atoms with Crippen LogP contribution in [0.1, 0.15) is 28.2 Å². The van der Waals surface area contributed by atoms with Crippen molar-refractivity contribution in [1.82, 2.24) is 15.6 Å². The summed E-state index contributed by atoms with van der Waals surface area (Å²) in [5.74, 6) is -1.52. The van der Waals surface area contributed by atoms with Crippen molar-refractivity contribution in [1.29, 1.82) is 0 Å². The predicted molar refractivity (Wildman–Crippen MR) is 92.2 cm³/mol. The number of carboxylic acid groups (broad SMARTS) is 1. The van der Waals surface area contributed by atoms with E-state index in [9.17, 15) is 14.4 Å². The summed E-state index contributed by atoms with van der Waals surface area (Å²) in [5.41, 5.74) is 0.481. The lowest BCUT2D eigenvalue weighted by molar-refractivity contribution is -0.144. The highest BCUT2D eigenvalue weighted by Crippen LogP contribution is 2.28. The Morgan fingerprint density at radius 3 is 2.84 bits per heavy atom. The van der Waals surface area contributed by atoms with Gasteiger partial charge in [-0.05, 0) is 26.3 Å². The highest BCUT2D eigenvalue weighted by Gasteiger charge is 2.33. The molecule has 10 heteroatoms. The van der Waals surface area contributed by atoms with E-state index < -0.39 is 24.7 Å². The van der Waals surface area contributed by atoms with Gasteiger partial charge in [0.25, 0.3) is 0 Å². The Balaban J connectivity index is 2.19. The topological polar surface area (TPSA) is 130 Å².